The van der Waals surface area contributed by atoms with E-state index in [4.69, 9.17) is 0 Å². The smallest absolute Gasteiger partial charge is 0.291 e. The zero-order chi connectivity index (χ0) is 12.4. The van der Waals surface area contributed by atoms with E-state index in [-0.39, 0.29) is 11.7 Å². The lowest BCUT2D eigenvalue weighted by Crippen LogP contribution is -2.27. The fourth-order valence-electron chi connectivity index (χ4n) is 1.81. The van der Waals surface area contributed by atoms with E-state index in [1.165, 1.54) is 0 Å². The highest BCUT2D eigenvalue weighted by Gasteiger charge is 2.28. The minimum atomic E-state index is -0.217. The van der Waals surface area contributed by atoms with E-state index in [1.54, 1.807) is 0 Å². The van der Waals surface area contributed by atoms with Crippen molar-refractivity contribution in [1.82, 2.24) is 25.1 Å². The minimum Gasteiger partial charge on any atom is -0.353 e. The molecule has 0 aromatic carbocycles. The normalized spacial score (nSPS) is 14.7. The van der Waals surface area contributed by atoms with E-state index >= 15 is 0 Å². The van der Waals surface area contributed by atoms with Gasteiger partial charge in [0.15, 0.2) is 0 Å². The molecule has 2 aromatic rings. The number of H-pyrrole nitrogens is 1. The molecule has 1 amide bonds. The lowest BCUT2D eigenvalue weighted by molar-refractivity contribution is 0.0942. The summed E-state index contributed by atoms with van der Waals surface area (Å²) in [4.78, 5) is 16.0. The van der Waals surface area contributed by atoms with E-state index in [2.05, 4.69) is 20.5 Å². The van der Waals surface area contributed by atoms with Gasteiger partial charge in [-0.3, -0.25) is 9.89 Å². The fraction of sp³-hybridized carbons (Fsp3) is 0.417. The number of nitrogens with zero attached hydrogens (tertiary/aromatic N) is 3. The molecule has 0 saturated heterocycles. The molecule has 1 aliphatic rings. The maximum Gasteiger partial charge on any atom is 0.291 e. The molecule has 0 unspecified atom stereocenters. The van der Waals surface area contributed by atoms with Crippen molar-refractivity contribution in [2.75, 3.05) is 6.54 Å². The van der Waals surface area contributed by atoms with Gasteiger partial charge in [0, 0.05) is 31.4 Å². The van der Waals surface area contributed by atoms with Gasteiger partial charge in [-0.05, 0) is 25.0 Å². The number of nitrogens with one attached hydrogen (secondary N) is 2. The van der Waals surface area contributed by atoms with E-state index in [9.17, 15) is 4.79 Å². The summed E-state index contributed by atoms with van der Waals surface area (Å²) in [5.74, 6) is 1.35. The Balaban J connectivity index is 1.50. The predicted octanol–water partition coefficient (Wildman–Crippen LogP) is 0.914. The van der Waals surface area contributed by atoms with Gasteiger partial charge < -0.3 is 9.88 Å². The van der Waals surface area contributed by atoms with Crippen LogP contribution in [0.4, 0.5) is 0 Å². The Kier molecular flexibility index (Phi) is 2.84. The number of amides is 1. The molecule has 0 radical (unpaired) electrons. The van der Waals surface area contributed by atoms with Crippen LogP contribution in [0.5, 0.6) is 0 Å². The van der Waals surface area contributed by atoms with Gasteiger partial charge in [-0.2, -0.15) is 0 Å². The van der Waals surface area contributed by atoms with Crippen molar-refractivity contribution in [3.05, 3.63) is 36.2 Å². The average Bonchev–Trinajstić information content (AvgIpc) is 2.92. The van der Waals surface area contributed by atoms with Gasteiger partial charge in [0.05, 0.1) is 0 Å². The molecular formula is C12H15N5O. The highest BCUT2D eigenvalue weighted by molar-refractivity contribution is 5.90. The molecule has 6 nitrogen and oxygen atoms in total. The summed E-state index contributed by atoms with van der Waals surface area (Å²) in [6, 6.07) is 3.91. The quantitative estimate of drug-likeness (QED) is 0.822. The van der Waals surface area contributed by atoms with Gasteiger partial charge in [0.2, 0.25) is 5.82 Å². The predicted molar refractivity (Wildman–Crippen MR) is 65.1 cm³/mol. The van der Waals surface area contributed by atoms with Gasteiger partial charge in [-0.25, -0.2) is 4.98 Å². The van der Waals surface area contributed by atoms with E-state index in [1.807, 2.05) is 29.1 Å². The second-order valence-electron chi connectivity index (χ2n) is 4.50. The van der Waals surface area contributed by atoms with Gasteiger partial charge >= 0.3 is 0 Å². The number of aromatic amines is 1. The van der Waals surface area contributed by atoms with Crippen molar-refractivity contribution in [3.63, 3.8) is 0 Å². The van der Waals surface area contributed by atoms with Crippen LogP contribution >= 0.6 is 0 Å². The third-order valence-corrected chi connectivity index (χ3v) is 2.99. The number of aromatic nitrogens is 4. The van der Waals surface area contributed by atoms with Crippen LogP contribution in [-0.4, -0.2) is 32.2 Å². The molecule has 0 atom stereocenters. The monoisotopic (exact) mass is 245 g/mol. The highest BCUT2D eigenvalue weighted by atomic mass is 16.2. The van der Waals surface area contributed by atoms with E-state index in [0.29, 0.717) is 12.5 Å². The first-order valence-corrected chi connectivity index (χ1v) is 6.14. The van der Waals surface area contributed by atoms with Gasteiger partial charge in [0.25, 0.3) is 5.91 Å². The first kappa shape index (κ1) is 11.0. The lowest BCUT2D eigenvalue weighted by atomic mass is 10.4. The van der Waals surface area contributed by atoms with Crippen LogP contribution in [0.15, 0.2) is 24.5 Å². The zero-order valence-electron chi connectivity index (χ0n) is 9.97. The van der Waals surface area contributed by atoms with Gasteiger partial charge in [0.1, 0.15) is 5.82 Å². The molecule has 94 valence electrons. The second kappa shape index (κ2) is 4.64. The molecule has 18 heavy (non-hydrogen) atoms. The summed E-state index contributed by atoms with van der Waals surface area (Å²) in [5.41, 5.74) is 0. The molecule has 1 aliphatic carbocycles. The van der Waals surface area contributed by atoms with Crippen molar-refractivity contribution >= 4 is 5.91 Å². The Bertz CT molecular complexity index is 526. The van der Waals surface area contributed by atoms with Gasteiger partial charge in [-0.15, -0.1) is 5.10 Å². The summed E-state index contributed by atoms with van der Waals surface area (Å²) < 4.78 is 2.01. The summed E-state index contributed by atoms with van der Waals surface area (Å²) in [6.07, 6.45) is 6.21. The van der Waals surface area contributed by atoms with E-state index in [0.717, 1.165) is 25.2 Å². The highest BCUT2D eigenvalue weighted by Crippen LogP contribution is 2.37. The van der Waals surface area contributed by atoms with Crippen molar-refractivity contribution in [1.29, 1.82) is 0 Å². The van der Waals surface area contributed by atoms with Crippen LogP contribution in [0.2, 0.25) is 0 Å². The first-order chi connectivity index (χ1) is 8.83. The average molecular weight is 245 g/mol. The summed E-state index contributed by atoms with van der Waals surface area (Å²) in [5, 5.41) is 9.57. The van der Waals surface area contributed by atoms with Crippen LogP contribution in [0.3, 0.4) is 0 Å². The zero-order valence-corrected chi connectivity index (χ0v) is 9.97. The van der Waals surface area contributed by atoms with Crippen LogP contribution in [0.25, 0.3) is 0 Å². The molecule has 1 saturated carbocycles. The first-order valence-electron chi connectivity index (χ1n) is 6.14. The van der Waals surface area contributed by atoms with Crippen LogP contribution in [-0.2, 0) is 6.54 Å². The molecule has 0 aliphatic heterocycles. The number of rotatable bonds is 5. The Labute approximate surface area is 104 Å². The van der Waals surface area contributed by atoms with Crippen molar-refractivity contribution in [2.45, 2.75) is 25.3 Å². The molecule has 0 bridgehead atoms. The molecule has 6 heteroatoms. The van der Waals surface area contributed by atoms with Crippen LogP contribution in [0.1, 0.15) is 35.2 Å². The summed E-state index contributed by atoms with van der Waals surface area (Å²) in [7, 11) is 0. The van der Waals surface area contributed by atoms with Gasteiger partial charge in [-0.1, -0.05) is 0 Å². The number of carbonyl (C=O) groups is 1. The Morgan fingerprint density at radius 3 is 2.94 bits per heavy atom. The number of hydrogen-bond acceptors (Lipinski definition) is 3. The Hall–Kier alpha value is -2.11. The van der Waals surface area contributed by atoms with Crippen molar-refractivity contribution in [2.24, 2.45) is 0 Å². The summed E-state index contributed by atoms with van der Waals surface area (Å²) >= 11 is 0. The van der Waals surface area contributed by atoms with E-state index < -0.39 is 0 Å². The Morgan fingerprint density at radius 2 is 2.22 bits per heavy atom. The second-order valence-corrected chi connectivity index (χ2v) is 4.50. The van der Waals surface area contributed by atoms with Crippen molar-refractivity contribution < 1.29 is 4.79 Å². The lowest BCUT2D eigenvalue weighted by Gasteiger charge is -2.03. The maximum absolute atomic E-state index is 11.8. The minimum absolute atomic E-state index is 0.217. The topological polar surface area (TPSA) is 75.6 Å². The largest absolute Gasteiger partial charge is 0.353 e. The molecule has 2 aromatic heterocycles. The SMILES string of the molecule is O=C(NCCn1cccc1)c1n[nH]c(C2CC2)n1. The standard InChI is InChI=1S/C12H15N5O/c18-12(13-5-8-17-6-1-2-7-17)11-14-10(15-16-11)9-3-4-9/h1-2,6-7,9H,3-5,8H2,(H,13,18)(H,14,15,16). The fourth-order valence-corrected chi connectivity index (χ4v) is 1.81. The summed E-state index contributed by atoms with van der Waals surface area (Å²) in [6.45, 7) is 1.32. The molecule has 2 heterocycles. The number of carbonyl (C=O) groups excluding carboxylic acids is 1. The molecule has 2 N–H and O–H groups in total. The molecule has 1 fully saturated rings. The number of hydrogen-bond donors (Lipinski definition) is 2. The van der Waals surface area contributed by atoms with Crippen LogP contribution < -0.4 is 5.32 Å². The van der Waals surface area contributed by atoms with Crippen molar-refractivity contribution in [3.8, 4) is 0 Å². The molecular weight excluding hydrogens is 230 g/mol. The van der Waals surface area contributed by atoms with Crippen LogP contribution in [0, 0.1) is 0 Å². The molecule has 3 rings (SSSR count). The Morgan fingerprint density at radius 1 is 1.44 bits per heavy atom. The third-order valence-electron chi connectivity index (χ3n) is 2.99. The molecule has 0 spiro atoms. The third kappa shape index (κ3) is 2.42. The maximum atomic E-state index is 11.8.